The molecule has 0 aliphatic carbocycles. The van der Waals surface area contributed by atoms with Gasteiger partial charge in [0.25, 0.3) is 0 Å². The number of carbonyl (C=O) groups excluding carboxylic acids is 1. The Bertz CT molecular complexity index is 1130. The molecule has 4 heteroatoms. The second-order valence-corrected chi connectivity index (χ2v) is 6.87. The lowest BCUT2D eigenvalue weighted by Crippen LogP contribution is -2.32. The first-order valence-corrected chi connectivity index (χ1v) is 9.08. The van der Waals surface area contributed by atoms with Crippen LogP contribution in [0.4, 0.5) is 0 Å². The first-order valence-electron chi connectivity index (χ1n) is 9.08. The van der Waals surface area contributed by atoms with E-state index in [0.29, 0.717) is 0 Å². The number of phenolic OH excluding ortho intramolecular Hbond substituents is 1. The second kappa shape index (κ2) is 6.89. The van der Waals surface area contributed by atoms with Gasteiger partial charge in [0, 0.05) is 16.6 Å². The molecule has 4 nitrogen and oxygen atoms in total. The minimum Gasteiger partial charge on any atom is -0.508 e. The summed E-state index contributed by atoms with van der Waals surface area (Å²) >= 11 is 0. The molecule has 0 fully saturated rings. The van der Waals surface area contributed by atoms with E-state index in [1.807, 2.05) is 55.5 Å². The number of aromatic nitrogens is 1. The minimum absolute atomic E-state index is 0.159. The van der Waals surface area contributed by atoms with Crippen molar-refractivity contribution in [2.24, 2.45) is 0 Å². The number of fused-ring (bicyclic) bond motifs is 1. The number of hydrogen-bond acceptors (Lipinski definition) is 3. The summed E-state index contributed by atoms with van der Waals surface area (Å²) in [7, 11) is 1.61. The smallest absolute Gasteiger partial charge is 0.140 e. The van der Waals surface area contributed by atoms with E-state index in [2.05, 4.69) is 4.98 Å². The lowest BCUT2D eigenvalue weighted by molar-refractivity contribution is -0.110. The molecule has 4 rings (SSSR count). The maximum absolute atomic E-state index is 12.8. The summed E-state index contributed by atoms with van der Waals surface area (Å²) in [6.45, 7) is 2.02. The number of aromatic amines is 1. The highest BCUT2D eigenvalue weighted by atomic mass is 16.5. The van der Waals surface area contributed by atoms with Crippen molar-refractivity contribution < 1.29 is 14.6 Å². The Balaban J connectivity index is 2.05. The maximum atomic E-state index is 12.8. The lowest BCUT2D eigenvalue weighted by Gasteiger charge is -2.30. The predicted molar refractivity (Wildman–Crippen MR) is 110 cm³/mol. The van der Waals surface area contributed by atoms with Crippen LogP contribution in [0, 0.1) is 6.92 Å². The largest absolute Gasteiger partial charge is 0.508 e. The molecule has 1 atom stereocenters. The molecule has 0 spiro atoms. The monoisotopic (exact) mass is 371 g/mol. The molecule has 28 heavy (non-hydrogen) atoms. The second-order valence-electron chi connectivity index (χ2n) is 6.87. The Kier molecular flexibility index (Phi) is 4.40. The number of benzene rings is 3. The number of ether oxygens (including phenoxy) is 1. The van der Waals surface area contributed by atoms with Gasteiger partial charge in [0.15, 0.2) is 0 Å². The fourth-order valence-corrected chi connectivity index (χ4v) is 3.91. The molecular weight excluding hydrogens is 350 g/mol. The first kappa shape index (κ1) is 17.9. The highest BCUT2D eigenvalue weighted by molar-refractivity contribution is 5.90. The van der Waals surface area contributed by atoms with Crippen molar-refractivity contribution >= 4 is 17.2 Å². The zero-order chi connectivity index (χ0) is 19.7. The van der Waals surface area contributed by atoms with Crippen LogP contribution in [-0.2, 0) is 10.2 Å². The predicted octanol–water partition coefficient (Wildman–Crippen LogP) is 4.72. The molecule has 1 heterocycles. The summed E-state index contributed by atoms with van der Waals surface area (Å²) < 4.78 is 5.29. The van der Waals surface area contributed by atoms with E-state index in [9.17, 15) is 9.90 Å². The van der Waals surface area contributed by atoms with Crippen LogP contribution in [0.5, 0.6) is 11.5 Å². The van der Waals surface area contributed by atoms with Gasteiger partial charge in [-0.2, -0.15) is 0 Å². The normalized spacial score (nSPS) is 13.2. The third-order valence-electron chi connectivity index (χ3n) is 5.40. The Morgan fingerprint density at radius 3 is 2.11 bits per heavy atom. The van der Waals surface area contributed by atoms with E-state index in [0.717, 1.165) is 45.3 Å². The zero-order valence-electron chi connectivity index (χ0n) is 15.8. The average molecular weight is 371 g/mol. The van der Waals surface area contributed by atoms with Gasteiger partial charge in [0.2, 0.25) is 0 Å². The van der Waals surface area contributed by atoms with Gasteiger partial charge in [-0.15, -0.1) is 0 Å². The van der Waals surface area contributed by atoms with E-state index >= 15 is 0 Å². The van der Waals surface area contributed by atoms with Crippen molar-refractivity contribution in [3.05, 3.63) is 95.2 Å². The molecule has 0 radical (unpaired) electrons. The molecule has 0 bridgehead atoms. The van der Waals surface area contributed by atoms with Crippen LogP contribution in [0.2, 0.25) is 0 Å². The fourth-order valence-electron chi connectivity index (χ4n) is 3.91. The van der Waals surface area contributed by atoms with Crippen molar-refractivity contribution in [1.29, 1.82) is 0 Å². The number of H-pyrrole nitrogens is 1. The number of hydrogen-bond donors (Lipinski definition) is 2. The lowest BCUT2D eigenvalue weighted by atomic mass is 9.72. The number of aldehydes is 1. The topological polar surface area (TPSA) is 62.3 Å². The van der Waals surface area contributed by atoms with Crippen LogP contribution in [0.15, 0.2) is 72.8 Å². The Labute approximate surface area is 163 Å². The number of rotatable bonds is 5. The summed E-state index contributed by atoms with van der Waals surface area (Å²) in [4.78, 5) is 16.3. The molecule has 1 aromatic heterocycles. The number of methoxy groups -OCH3 is 1. The standard InChI is InChI=1S/C24H21NO3/c1-16-21-5-3-4-6-22(21)25-23(16)24(15-26,17-7-11-19(27)12-8-17)18-9-13-20(28-2)14-10-18/h3-15,25,27H,1-2H3/t24-/m0/s1. The van der Waals surface area contributed by atoms with Gasteiger partial charge in [-0.3, -0.25) is 0 Å². The van der Waals surface area contributed by atoms with Crippen LogP contribution in [0.1, 0.15) is 22.4 Å². The van der Waals surface area contributed by atoms with Gasteiger partial charge in [0.1, 0.15) is 23.2 Å². The molecular formula is C24H21NO3. The van der Waals surface area contributed by atoms with Gasteiger partial charge in [-0.05, 0) is 53.9 Å². The van der Waals surface area contributed by atoms with Gasteiger partial charge >= 0.3 is 0 Å². The van der Waals surface area contributed by atoms with Crippen molar-refractivity contribution in [3.63, 3.8) is 0 Å². The van der Waals surface area contributed by atoms with Crippen molar-refractivity contribution in [3.8, 4) is 11.5 Å². The molecule has 0 saturated carbocycles. The Hall–Kier alpha value is -3.53. The van der Waals surface area contributed by atoms with Crippen LogP contribution >= 0.6 is 0 Å². The van der Waals surface area contributed by atoms with Gasteiger partial charge in [-0.25, -0.2) is 0 Å². The molecule has 0 amide bonds. The zero-order valence-corrected chi connectivity index (χ0v) is 15.8. The summed E-state index contributed by atoms with van der Waals surface area (Å²) in [5.41, 5.74) is 3.38. The molecule has 0 unspecified atom stereocenters. The number of nitrogens with one attached hydrogen (secondary N) is 1. The maximum Gasteiger partial charge on any atom is 0.140 e. The Morgan fingerprint density at radius 1 is 0.929 bits per heavy atom. The van der Waals surface area contributed by atoms with E-state index < -0.39 is 5.41 Å². The SMILES string of the molecule is COc1ccc([C@](C=O)(c2ccc(O)cc2)c2[nH]c3ccccc3c2C)cc1. The van der Waals surface area contributed by atoms with Gasteiger partial charge in [0.05, 0.1) is 7.11 Å². The average Bonchev–Trinajstić information content (AvgIpc) is 3.08. The van der Waals surface area contributed by atoms with Crippen LogP contribution in [-0.4, -0.2) is 23.5 Å². The van der Waals surface area contributed by atoms with Crippen LogP contribution in [0.3, 0.4) is 0 Å². The van der Waals surface area contributed by atoms with Crippen LogP contribution in [0.25, 0.3) is 10.9 Å². The highest BCUT2D eigenvalue weighted by Crippen LogP contribution is 2.41. The molecule has 0 aliphatic rings. The van der Waals surface area contributed by atoms with Crippen molar-refractivity contribution in [1.82, 2.24) is 4.98 Å². The van der Waals surface area contributed by atoms with Gasteiger partial charge < -0.3 is 19.6 Å². The Morgan fingerprint density at radius 2 is 1.54 bits per heavy atom. The van der Waals surface area contributed by atoms with E-state index in [1.165, 1.54) is 0 Å². The summed E-state index contributed by atoms with van der Waals surface area (Å²) in [5.74, 6) is 0.884. The molecule has 2 N–H and O–H groups in total. The van der Waals surface area contributed by atoms with E-state index in [1.54, 1.807) is 31.4 Å². The third kappa shape index (κ3) is 2.65. The van der Waals surface area contributed by atoms with Crippen LogP contribution < -0.4 is 4.74 Å². The molecule has 0 aliphatic heterocycles. The third-order valence-corrected chi connectivity index (χ3v) is 5.40. The molecule has 140 valence electrons. The fraction of sp³-hybridized carbons (Fsp3) is 0.125. The number of para-hydroxylation sites is 1. The quantitative estimate of drug-likeness (QED) is 0.499. The molecule has 4 aromatic rings. The number of carbonyl (C=O) groups is 1. The molecule has 3 aromatic carbocycles. The van der Waals surface area contributed by atoms with E-state index in [-0.39, 0.29) is 5.75 Å². The summed E-state index contributed by atoms with van der Waals surface area (Å²) in [6, 6.07) is 22.3. The number of phenols is 1. The number of aromatic hydroxyl groups is 1. The van der Waals surface area contributed by atoms with Crippen molar-refractivity contribution in [2.45, 2.75) is 12.3 Å². The minimum atomic E-state index is -1.04. The van der Waals surface area contributed by atoms with Crippen molar-refractivity contribution in [2.75, 3.05) is 7.11 Å². The van der Waals surface area contributed by atoms with E-state index in [4.69, 9.17) is 4.74 Å². The number of aryl methyl sites for hydroxylation is 1. The summed E-state index contributed by atoms with van der Waals surface area (Å²) in [6.07, 6.45) is 0.971. The molecule has 0 saturated heterocycles. The van der Waals surface area contributed by atoms with Gasteiger partial charge in [-0.1, -0.05) is 42.5 Å². The highest BCUT2D eigenvalue weighted by Gasteiger charge is 2.39. The summed E-state index contributed by atoms with van der Waals surface area (Å²) in [5, 5.41) is 10.8. The first-order chi connectivity index (χ1) is 13.6.